The molecule has 17 heavy (non-hydrogen) atoms. The number of benzene rings is 1. The van der Waals surface area contributed by atoms with Crippen LogP contribution in [-0.4, -0.2) is 6.04 Å². The van der Waals surface area contributed by atoms with Crippen molar-refractivity contribution in [2.75, 3.05) is 0 Å². The molecule has 2 N–H and O–H groups in total. The van der Waals surface area contributed by atoms with Crippen molar-refractivity contribution >= 4 is 27.3 Å². The van der Waals surface area contributed by atoms with Crippen molar-refractivity contribution in [2.45, 2.75) is 19.1 Å². The first-order valence-corrected chi connectivity index (χ1v) is 7.11. The molecule has 0 aliphatic carbocycles. The van der Waals surface area contributed by atoms with Gasteiger partial charge in [0.1, 0.15) is 11.9 Å². The fraction of sp³-hybridized carbons (Fsp3) is 0.231. The minimum Gasteiger partial charge on any atom is -0.483 e. The van der Waals surface area contributed by atoms with Gasteiger partial charge < -0.3 is 10.5 Å². The highest BCUT2D eigenvalue weighted by Crippen LogP contribution is 2.30. The van der Waals surface area contributed by atoms with Gasteiger partial charge in [-0.2, -0.15) is 11.3 Å². The summed E-state index contributed by atoms with van der Waals surface area (Å²) < 4.78 is 6.93. The molecule has 2 aromatic rings. The summed E-state index contributed by atoms with van der Waals surface area (Å²) in [4.78, 5) is 0. The second kappa shape index (κ2) is 5.67. The molecule has 1 aromatic carbocycles. The molecule has 0 aliphatic heterocycles. The molecular formula is C13H14BrNOS. The van der Waals surface area contributed by atoms with E-state index in [4.69, 9.17) is 10.5 Å². The summed E-state index contributed by atoms with van der Waals surface area (Å²) in [6, 6.07) is 9.80. The van der Waals surface area contributed by atoms with Crippen molar-refractivity contribution in [3.05, 3.63) is 51.1 Å². The average Bonchev–Trinajstić information content (AvgIpc) is 2.81. The van der Waals surface area contributed by atoms with Gasteiger partial charge in [0.15, 0.2) is 0 Å². The molecule has 0 fully saturated rings. The Morgan fingerprint density at radius 1 is 1.29 bits per heavy atom. The van der Waals surface area contributed by atoms with Crippen LogP contribution in [0.2, 0.25) is 0 Å². The Bertz CT molecular complexity index is 470. The van der Waals surface area contributed by atoms with E-state index in [1.807, 2.05) is 36.6 Å². The lowest BCUT2D eigenvalue weighted by Gasteiger charge is -2.22. The molecular weight excluding hydrogens is 298 g/mol. The van der Waals surface area contributed by atoms with Crippen LogP contribution in [0.15, 0.2) is 45.6 Å². The molecule has 0 bridgehead atoms. The molecule has 0 amide bonds. The SMILES string of the molecule is CC(N)C(Oc1ccccc1Br)c1ccsc1. The molecule has 2 unspecified atom stereocenters. The van der Waals surface area contributed by atoms with E-state index in [9.17, 15) is 0 Å². The van der Waals surface area contributed by atoms with Crippen LogP contribution in [-0.2, 0) is 0 Å². The van der Waals surface area contributed by atoms with E-state index in [1.165, 1.54) is 0 Å². The number of rotatable bonds is 4. The van der Waals surface area contributed by atoms with Crippen molar-refractivity contribution in [3.8, 4) is 5.75 Å². The molecule has 0 aliphatic rings. The van der Waals surface area contributed by atoms with E-state index in [2.05, 4.69) is 27.4 Å². The van der Waals surface area contributed by atoms with Crippen molar-refractivity contribution in [2.24, 2.45) is 5.73 Å². The molecule has 0 radical (unpaired) electrons. The summed E-state index contributed by atoms with van der Waals surface area (Å²) in [7, 11) is 0. The van der Waals surface area contributed by atoms with Gasteiger partial charge in [-0.05, 0) is 51.8 Å². The van der Waals surface area contributed by atoms with Gasteiger partial charge in [0.2, 0.25) is 0 Å². The van der Waals surface area contributed by atoms with Crippen LogP contribution < -0.4 is 10.5 Å². The summed E-state index contributed by atoms with van der Waals surface area (Å²) in [5.41, 5.74) is 7.12. The van der Waals surface area contributed by atoms with Crippen molar-refractivity contribution in [1.29, 1.82) is 0 Å². The molecule has 1 heterocycles. The maximum absolute atomic E-state index is 5.99. The number of para-hydroxylation sites is 1. The predicted molar refractivity (Wildman–Crippen MR) is 75.5 cm³/mol. The second-order valence-corrected chi connectivity index (χ2v) is 5.52. The molecule has 0 saturated carbocycles. The predicted octanol–water partition coefficient (Wildman–Crippen LogP) is 3.98. The highest BCUT2D eigenvalue weighted by atomic mass is 79.9. The summed E-state index contributed by atoms with van der Waals surface area (Å²) in [6.45, 7) is 1.96. The fourth-order valence-electron chi connectivity index (χ4n) is 1.59. The first kappa shape index (κ1) is 12.6. The van der Waals surface area contributed by atoms with E-state index < -0.39 is 0 Å². The standard InChI is InChI=1S/C13H14BrNOS/c1-9(15)13(10-6-7-17-8-10)16-12-5-3-2-4-11(12)14/h2-9,13H,15H2,1H3. The third kappa shape index (κ3) is 3.09. The third-order valence-electron chi connectivity index (χ3n) is 2.44. The Morgan fingerprint density at radius 3 is 2.65 bits per heavy atom. The zero-order valence-corrected chi connectivity index (χ0v) is 11.9. The van der Waals surface area contributed by atoms with Gasteiger partial charge >= 0.3 is 0 Å². The molecule has 0 spiro atoms. The van der Waals surface area contributed by atoms with E-state index >= 15 is 0 Å². The minimum atomic E-state index is -0.111. The smallest absolute Gasteiger partial charge is 0.139 e. The molecule has 2 atom stereocenters. The van der Waals surface area contributed by atoms with Gasteiger partial charge in [0.25, 0.3) is 0 Å². The minimum absolute atomic E-state index is 0.0586. The van der Waals surface area contributed by atoms with Crippen LogP contribution >= 0.6 is 27.3 Å². The molecule has 0 saturated heterocycles. The lowest BCUT2D eigenvalue weighted by molar-refractivity contribution is 0.179. The number of ether oxygens (including phenoxy) is 1. The van der Waals surface area contributed by atoms with Crippen LogP contribution in [0.4, 0.5) is 0 Å². The Labute approximate surface area is 114 Å². The first-order chi connectivity index (χ1) is 8.18. The normalized spacial score (nSPS) is 14.3. The zero-order chi connectivity index (χ0) is 12.3. The van der Waals surface area contributed by atoms with E-state index in [0.29, 0.717) is 0 Å². The van der Waals surface area contributed by atoms with Gasteiger partial charge in [-0.25, -0.2) is 0 Å². The van der Waals surface area contributed by atoms with Crippen LogP contribution in [0.5, 0.6) is 5.75 Å². The molecule has 2 nitrogen and oxygen atoms in total. The summed E-state index contributed by atoms with van der Waals surface area (Å²) >= 11 is 5.13. The van der Waals surface area contributed by atoms with Gasteiger partial charge in [-0.3, -0.25) is 0 Å². The van der Waals surface area contributed by atoms with Gasteiger partial charge in [0.05, 0.1) is 4.47 Å². The summed E-state index contributed by atoms with van der Waals surface area (Å²) in [5.74, 6) is 0.820. The number of nitrogens with two attached hydrogens (primary N) is 1. The highest BCUT2D eigenvalue weighted by molar-refractivity contribution is 9.10. The molecule has 1 aromatic heterocycles. The van der Waals surface area contributed by atoms with Crippen LogP contribution in [0, 0.1) is 0 Å². The number of hydrogen-bond donors (Lipinski definition) is 1. The molecule has 2 rings (SSSR count). The second-order valence-electron chi connectivity index (χ2n) is 3.88. The monoisotopic (exact) mass is 311 g/mol. The zero-order valence-electron chi connectivity index (χ0n) is 9.47. The number of halogens is 1. The van der Waals surface area contributed by atoms with Crippen molar-refractivity contribution in [3.63, 3.8) is 0 Å². The summed E-state index contributed by atoms with van der Waals surface area (Å²) in [6.07, 6.45) is -0.111. The highest BCUT2D eigenvalue weighted by Gasteiger charge is 2.19. The average molecular weight is 312 g/mol. The van der Waals surface area contributed by atoms with Crippen molar-refractivity contribution in [1.82, 2.24) is 0 Å². The van der Waals surface area contributed by atoms with Crippen molar-refractivity contribution < 1.29 is 4.74 Å². The lowest BCUT2D eigenvalue weighted by atomic mass is 10.1. The van der Waals surface area contributed by atoms with Gasteiger partial charge in [-0.1, -0.05) is 12.1 Å². The Balaban J connectivity index is 2.23. The Hall–Kier alpha value is -0.840. The van der Waals surface area contributed by atoms with E-state index in [1.54, 1.807) is 11.3 Å². The largest absolute Gasteiger partial charge is 0.483 e. The van der Waals surface area contributed by atoms with E-state index in [0.717, 1.165) is 15.8 Å². The lowest BCUT2D eigenvalue weighted by Crippen LogP contribution is -2.28. The quantitative estimate of drug-likeness (QED) is 0.927. The fourth-order valence-corrected chi connectivity index (χ4v) is 2.66. The van der Waals surface area contributed by atoms with Crippen LogP contribution in [0.25, 0.3) is 0 Å². The topological polar surface area (TPSA) is 35.2 Å². The number of thiophene rings is 1. The number of hydrogen-bond acceptors (Lipinski definition) is 3. The molecule has 90 valence electrons. The third-order valence-corrected chi connectivity index (χ3v) is 3.80. The first-order valence-electron chi connectivity index (χ1n) is 5.37. The molecule has 4 heteroatoms. The maximum Gasteiger partial charge on any atom is 0.139 e. The maximum atomic E-state index is 5.99. The van der Waals surface area contributed by atoms with Gasteiger partial charge in [0, 0.05) is 11.6 Å². The Kier molecular flexibility index (Phi) is 4.20. The van der Waals surface area contributed by atoms with E-state index in [-0.39, 0.29) is 12.1 Å². The van der Waals surface area contributed by atoms with Crippen LogP contribution in [0.3, 0.4) is 0 Å². The Morgan fingerprint density at radius 2 is 2.06 bits per heavy atom. The van der Waals surface area contributed by atoms with Crippen LogP contribution in [0.1, 0.15) is 18.6 Å². The van der Waals surface area contributed by atoms with Gasteiger partial charge in [-0.15, -0.1) is 0 Å². The summed E-state index contributed by atoms with van der Waals surface area (Å²) in [5, 5.41) is 4.11.